The first-order valence-electron chi connectivity index (χ1n) is 8.31. The first kappa shape index (κ1) is 20.0. The SMILES string of the molecule is CC(NP(Cl)Oc1cccc2ccccc12)C(=O)OCCC(C)(C)C. The highest BCUT2D eigenvalue weighted by atomic mass is 35.7. The quantitative estimate of drug-likeness (QED) is 0.498. The van der Waals surface area contributed by atoms with E-state index in [1.54, 1.807) is 6.92 Å². The third-order valence-corrected chi connectivity index (χ3v) is 5.12. The van der Waals surface area contributed by atoms with Crippen molar-refractivity contribution in [1.82, 2.24) is 5.09 Å². The Hall–Kier alpha value is -1.35. The van der Waals surface area contributed by atoms with Gasteiger partial charge < -0.3 is 9.26 Å². The molecule has 0 aliphatic rings. The first-order valence-corrected chi connectivity index (χ1v) is 10.5. The van der Waals surface area contributed by atoms with E-state index in [1.165, 1.54) is 0 Å². The fourth-order valence-corrected chi connectivity index (χ4v) is 3.63. The van der Waals surface area contributed by atoms with Crippen molar-refractivity contribution in [3.05, 3.63) is 42.5 Å². The highest BCUT2D eigenvalue weighted by Gasteiger charge is 2.21. The zero-order chi connectivity index (χ0) is 18.4. The van der Waals surface area contributed by atoms with E-state index >= 15 is 0 Å². The van der Waals surface area contributed by atoms with Crippen molar-refractivity contribution in [3.63, 3.8) is 0 Å². The molecule has 0 bridgehead atoms. The van der Waals surface area contributed by atoms with Gasteiger partial charge in [-0.2, -0.15) is 0 Å². The van der Waals surface area contributed by atoms with Crippen LogP contribution in [0.4, 0.5) is 0 Å². The summed E-state index contributed by atoms with van der Waals surface area (Å²) >= 11 is 6.29. The van der Waals surface area contributed by atoms with Crippen LogP contribution in [0.15, 0.2) is 42.5 Å². The van der Waals surface area contributed by atoms with Crippen LogP contribution < -0.4 is 9.61 Å². The molecule has 0 radical (unpaired) electrons. The summed E-state index contributed by atoms with van der Waals surface area (Å²) in [5, 5.41) is 5.04. The molecular formula is C19H25ClNO3P. The number of carbonyl (C=O) groups is 1. The van der Waals surface area contributed by atoms with Crippen LogP contribution in [0.2, 0.25) is 0 Å². The number of nitrogens with one attached hydrogen (secondary N) is 1. The molecule has 0 saturated heterocycles. The van der Waals surface area contributed by atoms with Crippen LogP contribution in [0.3, 0.4) is 0 Å². The van der Waals surface area contributed by atoms with Gasteiger partial charge in [-0.05, 0) is 41.5 Å². The first-order chi connectivity index (χ1) is 11.8. The fourth-order valence-electron chi connectivity index (χ4n) is 2.18. The summed E-state index contributed by atoms with van der Waals surface area (Å²) < 4.78 is 11.1. The maximum Gasteiger partial charge on any atom is 0.323 e. The molecule has 2 unspecified atom stereocenters. The van der Waals surface area contributed by atoms with Crippen LogP contribution in [0.5, 0.6) is 5.75 Å². The molecule has 2 aromatic rings. The van der Waals surface area contributed by atoms with Crippen LogP contribution in [-0.4, -0.2) is 18.6 Å². The lowest BCUT2D eigenvalue weighted by atomic mass is 9.93. The maximum atomic E-state index is 12.0. The minimum atomic E-state index is -1.52. The summed E-state index contributed by atoms with van der Waals surface area (Å²) in [4.78, 5) is 12.0. The van der Waals surface area contributed by atoms with Crippen LogP contribution in [0.1, 0.15) is 34.1 Å². The van der Waals surface area contributed by atoms with Crippen LogP contribution >= 0.6 is 18.9 Å². The number of rotatable bonds is 7. The summed E-state index contributed by atoms with van der Waals surface area (Å²) in [5.41, 5.74) is 0.132. The van der Waals surface area contributed by atoms with Gasteiger partial charge in [-0.25, -0.2) is 5.09 Å². The van der Waals surface area contributed by atoms with Gasteiger partial charge in [0.25, 0.3) is 7.65 Å². The molecule has 2 rings (SSSR count). The zero-order valence-electron chi connectivity index (χ0n) is 15.1. The van der Waals surface area contributed by atoms with Crippen molar-refractivity contribution in [2.75, 3.05) is 6.61 Å². The third-order valence-electron chi connectivity index (χ3n) is 3.67. The van der Waals surface area contributed by atoms with Crippen molar-refractivity contribution in [2.24, 2.45) is 5.41 Å². The number of fused-ring (bicyclic) bond motifs is 1. The number of esters is 1. The normalized spacial score (nSPS) is 14.1. The average Bonchev–Trinajstić information content (AvgIpc) is 2.53. The second-order valence-corrected chi connectivity index (χ2v) is 8.99. The molecule has 2 atom stereocenters. The van der Waals surface area contributed by atoms with Crippen molar-refractivity contribution >= 4 is 35.6 Å². The summed E-state index contributed by atoms with van der Waals surface area (Å²) in [7, 11) is -1.52. The Morgan fingerprint density at radius 1 is 1.20 bits per heavy atom. The topological polar surface area (TPSA) is 47.6 Å². The van der Waals surface area contributed by atoms with Crippen molar-refractivity contribution in [3.8, 4) is 5.75 Å². The van der Waals surface area contributed by atoms with E-state index < -0.39 is 13.7 Å². The lowest BCUT2D eigenvalue weighted by Gasteiger charge is -2.20. The Balaban J connectivity index is 1.88. The summed E-state index contributed by atoms with van der Waals surface area (Å²) in [6.45, 7) is 8.46. The predicted molar refractivity (Wildman–Crippen MR) is 105 cm³/mol. The Morgan fingerprint density at radius 3 is 2.60 bits per heavy atom. The molecule has 0 spiro atoms. The molecular weight excluding hydrogens is 357 g/mol. The van der Waals surface area contributed by atoms with Crippen molar-refractivity contribution < 1.29 is 14.1 Å². The number of ether oxygens (including phenoxy) is 1. The molecule has 0 aliphatic carbocycles. The van der Waals surface area contributed by atoms with E-state index in [0.29, 0.717) is 12.4 Å². The predicted octanol–water partition coefficient (Wildman–Crippen LogP) is 5.64. The van der Waals surface area contributed by atoms with Crippen LogP contribution in [0.25, 0.3) is 10.8 Å². The molecule has 6 heteroatoms. The molecule has 0 aliphatic heterocycles. The molecule has 1 N–H and O–H groups in total. The molecule has 0 heterocycles. The number of benzene rings is 2. The molecule has 2 aromatic carbocycles. The van der Waals surface area contributed by atoms with Gasteiger partial charge in [-0.3, -0.25) is 4.79 Å². The highest BCUT2D eigenvalue weighted by Crippen LogP contribution is 2.42. The van der Waals surface area contributed by atoms with Gasteiger partial charge in [0.15, 0.2) is 0 Å². The summed E-state index contributed by atoms with van der Waals surface area (Å²) in [6, 6.07) is 13.2. The van der Waals surface area contributed by atoms with E-state index in [9.17, 15) is 4.79 Å². The third kappa shape index (κ3) is 6.47. The second-order valence-electron chi connectivity index (χ2n) is 7.14. The smallest absolute Gasteiger partial charge is 0.323 e. The Morgan fingerprint density at radius 2 is 1.88 bits per heavy atom. The minimum absolute atomic E-state index is 0.132. The lowest BCUT2D eigenvalue weighted by Crippen LogP contribution is -2.32. The van der Waals surface area contributed by atoms with Crippen LogP contribution in [-0.2, 0) is 9.53 Å². The monoisotopic (exact) mass is 381 g/mol. The second kappa shape index (κ2) is 8.84. The standard InChI is InChI=1S/C19H25ClNO3P/c1-14(18(22)23-13-12-19(2,3)4)21-25(20)24-17-11-7-9-15-8-5-6-10-16(15)17/h5-11,14,21H,12-13H2,1-4H3. The average molecular weight is 382 g/mol. The van der Waals surface area contributed by atoms with E-state index in [0.717, 1.165) is 17.2 Å². The van der Waals surface area contributed by atoms with Crippen LogP contribution in [0, 0.1) is 5.41 Å². The number of halogens is 1. The van der Waals surface area contributed by atoms with Gasteiger partial charge in [-0.1, -0.05) is 57.2 Å². The Bertz CT molecular complexity index is 712. The largest absolute Gasteiger partial charge is 0.465 e. The fraction of sp³-hybridized carbons (Fsp3) is 0.421. The summed E-state index contributed by atoms with van der Waals surface area (Å²) in [5.74, 6) is 0.374. The Kier molecular flexibility index (Phi) is 7.06. The number of hydrogen-bond donors (Lipinski definition) is 1. The van der Waals surface area contributed by atoms with E-state index in [2.05, 4.69) is 25.9 Å². The molecule has 136 valence electrons. The van der Waals surface area contributed by atoms with Gasteiger partial charge in [0.05, 0.1) is 6.61 Å². The van der Waals surface area contributed by atoms with E-state index in [-0.39, 0.29) is 11.4 Å². The van der Waals surface area contributed by atoms with Gasteiger partial charge in [0.1, 0.15) is 11.8 Å². The molecule has 0 saturated carbocycles. The van der Waals surface area contributed by atoms with Crippen molar-refractivity contribution in [2.45, 2.75) is 40.2 Å². The number of hydrogen-bond acceptors (Lipinski definition) is 4. The van der Waals surface area contributed by atoms with Gasteiger partial charge in [0.2, 0.25) is 0 Å². The molecule has 25 heavy (non-hydrogen) atoms. The maximum absolute atomic E-state index is 12.0. The summed E-state index contributed by atoms with van der Waals surface area (Å²) in [6.07, 6.45) is 0.813. The molecule has 4 nitrogen and oxygen atoms in total. The lowest BCUT2D eigenvalue weighted by molar-refractivity contribution is -0.145. The molecule has 0 amide bonds. The molecule has 0 fully saturated rings. The highest BCUT2D eigenvalue weighted by molar-refractivity contribution is 7.78. The zero-order valence-corrected chi connectivity index (χ0v) is 16.7. The van der Waals surface area contributed by atoms with Gasteiger partial charge in [0, 0.05) is 5.39 Å². The molecule has 0 aromatic heterocycles. The van der Waals surface area contributed by atoms with Gasteiger partial charge >= 0.3 is 5.97 Å². The van der Waals surface area contributed by atoms with Gasteiger partial charge in [-0.15, -0.1) is 0 Å². The Labute approximate surface area is 155 Å². The number of carbonyl (C=O) groups excluding carboxylic acids is 1. The van der Waals surface area contributed by atoms with Crippen molar-refractivity contribution in [1.29, 1.82) is 0 Å². The van der Waals surface area contributed by atoms with E-state index in [4.69, 9.17) is 20.5 Å². The van der Waals surface area contributed by atoms with E-state index in [1.807, 2.05) is 42.5 Å². The minimum Gasteiger partial charge on any atom is -0.465 e.